The molecule has 1 amide bonds. The summed E-state index contributed by atoms with van der Waals surface area (Å²) in [4.78, 5) is 11.2. The normalized spacial score (nSPS) is 23.3. The molecule has 0 spiro atoms. The monoisotopic (exact) mass is 219 g/mol. The van der Waals surface area contributed by atoms with Gasteiger partial charge in [-0.2, -0.15) is 0 Å². The van der Waals surface area contributed by atoms with Crippen LogP contribution in [0.2, 0.25) is 0 Å². The van der Waals surface area contributed by atoms with E-state index < -0.39 is 15.3 Å². The van der Waals surface area contributed by atoms with E-state index in [1.165, 1.54) is 0 Å². The highest BCUT2D eigenvalue weighted by Gasteiger charge is 2.38. The maximum atomic E-state index is 11.2. The van der Waals surface area contributed by atoms with Crippen molar-refractivity contribution in [3.8, 4) is 0 Å². The Balaban J connectivity index is 2.71. The van der Waals surface area contributed by atoms with E-state index in [9.17, 15) is 13.2 Å². The van der Waals surface area contributed by atoms with Crippen molar-refractivity contribution in [2.24, 2.45) is 17.1 Å². The van der Waals surface area contributed by atoms with Gasteiger partial charge >= 0.3 is 0 Å². The van der Waals surface area contributed by atoms with Gasteiger partial charge in [0.2, 0.25) is 5.91 Å². The van der Waals surface area contributed by atoms with E-state index in [-0.39, 0.29) is 23.3 Å². The number of carbonyl (C=O) groups is 1. The van der Waals surface area contributed by atoms with Crippen LogP contribution in [-0.2, 0) is 14.6 Å². The molecule has 0 aromatic heterocycles. The molecule has 1 aliphatic heterocycles. The van der Waals surface area contributed by atoms with Crippen LogP contribution < -0.4 is 5.73 Å². The fraction of sp³-hybridized carbons (Fsp3) is 0.889. The second kappa shape index (κ2) is 3.53. The van der Waals surface area contributed by atoms with Crippen LogP contribution in [0.1, 0.15) is 26.7 Å². The zero-order valence-corrected chi connectivity index (χ0v) is 9.43. The van der Waals surface area contributed by atoms with Crippen LogP contribution in [0.5, 0.6) is 0 Å². The molecule has 1 saturated heterocycles. The first-order valence-corrected chi connectivity index (χ1v) is 6.58. The summed E-state index contributed by atoms with van der Waals surface area (Å²) in [5.74, 6) is 0.133. The number of nitrogens with two attached hydrogens (primary N) is 1. The SMILES string of the molecule is CC(C)(C(N)=O)C1CCS(=O)(=O)CC1. The van der Waals surface area contributed by atoms with Crippen LogP contribution in [-0.4, -0.2) is 25.8 Å². The smallest absolute Gasteiger partial charge is 0.223 e. The fourth-order valence-electron chi connectivity index (χ4n) is 1.81. The Morgan fingerprint density at radius 3 is 2.07 bits per heavy atom. The van der Waals surface area contributed by atoms with Gasteiger partial charge in [-0.25, -0.2) is 8.42 Å². The fourth-order valence-corrected chi connectivity index (χ4v) is 3.30. The lowest BCUT2D eigenvalue weighted by molar-refractivity contribution is -0.128. The van der Waals surface area contributed by atoms with Crippen LogP contribution in [0, 0.1) is 11.3 Å². The molecule has 0 aliphatic carbocycles. The number of carbonyl (C=O) groups excluding carboxylic acids is 1. The minimum atomic E-state index is -2.85. The lowest BCUT2D eigenvalue weighted by Gasteiger charge is -2.33. The summed E-state index contributed by atoms with van der Waals surface area (Å²) in [6.07, 6.45) is 1.11. The number of rotatable bonds is 2. The Morgan fingerprint density at radius 1 is 1.29 bits per heavy atom. The van der Waals surface area contributed by atoms with Crippen LogP contribution in [0.15, 0.2) is 0 Å². The average Bonchev–Trinajstić information content (AvgIpc) is 2.03. The molecule has 0 atom stereocenters. The molecule has 4 nitrogen and oxygen atoms in total. The van der Waals surface area contributed by atoms with Gasteiger partial charge < -0.3 is 5.73 Å². The van der Waals surface area contributed by atoms with Gasteiger partial charge in [0.1, 0.15) is 9.84 Å². The third-order valence-corrected chi connectivity index (χ3v) is 4.93. The van der Waals surface area contributed by atoms with Gasteiger partial charge in [-0.15, -0.1) is 0 Å². The average molecular weight is 219 g/mol. The molecule has 0 saturated carbocycles. The highest BCUT2D eigenvalue weighted by atomic mass is 32.2. The summed E-state index contributed by atoms with van der Waals surface area (Å²) in [6.45, 7) is 3.58. The molecular weight excluding hydrogens is 202 g/mol. The molecule has 0 unspecified atom stereocenters. The number of hydrogen-bond donors (Lipinski definition) is 1. The van der Waals surface area contributed by atoms with E-state index in [0.29, 0.717) is 12.8 Å². The maximum absolute atomic E-state index is 11.2. The maximum Gasteiger partial charge on any atom is 0.223 e. The van der Waals surface area contributed by atoms with Gasteiger partial charge in [-0.1, -0.05) is 13.8 Å². The van der Waals surface area contributed by atoms with Crippen molar-refractivity contribution in [1.29, 1.82) is 0 Å². The molecule has 1 heterocycles. The summed E-state index contributed by atoms with van der Waals surface area (Å²) in [7, 11) is -2.85. The summed E-state index contributed by atoms with van der Waals surface area (Å²) < 4.78 is 22.4. The van der Waals surface area contributed by atoms with Crippen molar-refractivity contribution in [3.63, 3.8) is 0 Å². The van der Waals surface area contributed by atoms with E-state index in [2.05, 4.69) is 0 Å². The van der Waals surface area contributed by atoms with Crippen LogP contribution in [0.3, 0.4) is 0 Å². The minimum absolute atomic E-state index is 0.100. The van der Waals surface area contributed by atoms with Crippen molar-refractivity contribution in [1.82, 2.24) is 0 Å². The first-order chi connectivity index (χ1) is 6.26. The minimum Gasteiger partial charge on any atom is -0.369 e. The molecule has 0 aromatic carbocycles. The Hall–Kier alpha value is -0.580. The van der Waals surface area contributed by atoms with Crippen molar-refractivity contribution in [2.75, 3.05) is 11.5 Å². The standard InChI is InChI=1S/C9H17NO3S/c1-9(2,8(10)11)7-3-5-14(12,13)6-4-7/h7H,3-6H2,1-2H3,(H2,10,11). The summed E-state index contributed by atoms with van der Waals surface area (Å²) in [5, 5.41) is 0. The van der Waals surface area contributed by atoms with E-state index in [0.717, 1.165) is 0 Å². The number of hydrogen-bond acceptors (Lipinski definition) is 3. The number of sulfone groups is 1. The largest absolute Gasteiger partial charge is 0.369 e. The lowest BCUT2D eigenvalue weighted by Crippen LogP contribution is -2.41. The zero-order valence-electron chi connectivity index (χ0n) is 8.62. The Kier molecular flexibility index (Phi) is 2.90. The Labute approximate surface area is 84.8 Å². The third kappa shape index (κ3) is 2.26. The molecule has 82 valence electrons. The molecule has 1 aliphatic rings. The quantitative estimate of drug-likeness (QED) is 0.726. The summed E-state index contributed by atoms with van der Waals surface area (Å²) in [6, 6.07) is 0. The van der Waals surface area contributed by atoms with Crippen molar-refractivity contribution in [2.45, 2.75) is 26.7 Å². The predicted molar refractivity (Wildman–Crippen MR) is 54.4 cm³/mol. The lowest BCUT2D eigenvalue weighted by atomic mass is 9.75. The number of primary amides is 1. The van der Waals surface area contributed by atoms with E-state index in [1.54, 1.807) is 13.8 Å². The van der Waals surface area contributed by atoms with Gasteiger partial charge in [-0.05, 0) is 18.8 Å². The highest BCUT2D eigenvalue weighted by molar-refractivity contribution is 7.91. The molecular formula is C9H17NO3S. The molecule has 14 heavy (non-hydrogen) atoms. The Morgan fingerprint density at radius 2 is 1.71 bits per heavy atom. The Bertz CT molecular complexity index is 318. The van der Waals surface area contributed by atoms with E-state index in [1.807, 2.05) is 0 Å². The highest BCUT2D eigenvalue weighted by Crippen LogP contribution is 2.35. The molecule has 2 N–H and O–H groups in total. The molecule has 0 radical (unpaired) electrons. The van der Waals surface area contributed by atoms with Gasteiger partial charge in [0.25, 0.3) is 0 Å². The van der Waals surface area contributed by atoms with Gasteiger partial charge in [-0.3, -0.25) is 4.79 Å². The van der Waals surface area contributed by atoms with Crippen LogP contribution >= 0.6 is 0 Å². The van der Waals surface area contributed by atoms with Gasteiger partial charge in [0.05, 0.1) is 11.5 Å². The molecule has 0 aromatic rings. The number of amides is 1. The van der Waals surface area contributed by atoms with E-state index in [4.69, 9.17) is 5.73 Å². The second-order valence-corrected chi connectivity index (χ2v) is 6.82. The molecule has 0 bridgehead atoms. The second-order valence-electron chi connectivity index (χ2n) is 4.51. The van der Waals surface area contributed by atoms with Crippen LogP contribution in [0.25, 0.3) is 0 Å². The third-order valence-electron chi connectivity index (χ3n) is 3.21. The summed E-state index contributed by atoms with van der Waals surface area (Å²) >= 11 is 0. The predicted octanol–water partition coefficient (Wildman–Crippen LogP) is 0.323. The van der Waals surface area contributed by atoms with Crippen molar-refractivity contribution in [3.05, 3.63) is 0 Å². The van der Waals surface area contributed by atoms with Crippen molar-refractivity contribution >= 4 is 15.7 Å². The van der Waals surface area contributed by atoms with E-state index >= 15 is 0 Å². The first kappa shape index (κ1) is 11.5. The molecule has 1 fully saturated rings. The topological polar surface area (TPSA) is 77.2 Å². The first-order valence-electron chi connectivity index (χ1n) is 4.76. The van der Waals surface area contributed by atoms with Crippen molar-refractivity contribution < 1.29 is 13.2 Å². The van der Waals surface area contributed by atoms with Crippen LogP contribution in [0.4, 0.5) is 0 Å². The van der Waals surface area contributed by atoms with Gasteiger partial charge in [0, 0.05) is 5.41 Å². The summed E-state index contributed by atoms with van der Waals surface area (Å²) in [5.41, 5.74) is 4.69. The van der Waals surface area contributed by atoms with Gasteiger partial charge in [0.15, 0.2) is 0 Å². The zero-order chi connectivity index (χ0) is 11.0. The molecule has 5 heteroatoms. The molecule has 1 rings (SSSR count).